The van der Waals surface area contributed by atoms with Gasteiger partial charge in [0, 0.05) is 39.3 Å². The molecule has 0 unspecified atom stereocenters. The average Bonchev–Trinajstić information content (AvgIpc) is 2.73. The van der Waals surface area contributed by atoms with Crippen molar-refractivity contribution in [2.45, 2.75) is 38.6 Å². The highest BCUT2D eigenvalue weighted by Gasteiger charge is 2.23. The molecule has 7 heteroatoms. The molecule has 2 rings (SSSR count). The number of hydrogen-bond acceptors (Lipinski definition) is 4. The van der Waals surface area contributed by atoms with Gasteiger partial charge in [-0.15, -0.1) is 0 Å². The summed E-state index contributed by atoms with van der Waals surface area (Å²) in [6.45, 7) is 5.96. The largest absolute Gasteiger partial charge is 0.450 e. The minimum atomic E-state index is -0.212. The van der Waals surface area contributed by atoms with Crippen molar-refractivity contribution >= 4 is 12.1 Å². The minimum Gasteiger partial charge on any atom is -0.450 e. The van der Waals surface area contributed by atoms with Gasteiger partial charge in [-0.1, -0.05) is 30.3 Å². The molecule has 1 heterocycles. The third kappa shape index (κ3) is 8.17. The van der Waals surface area contributed by atoms with Crippen molar-refractivity contribution in [3.63, 3.8) is 0 Å². The highest BCUT2D eigenvalue weighted by Crippen LogP contribution is 2.11. The molecule has 2 N–H and O–H groups in total. The van der Waals surface area contributed by atoms with Crippen molar-refractivity contribution in [1.29, 1.82) is 0 Å². The second kappa shape index (κ2) is 13.0. The van der Waals surface area contributed by atoms with Crippen LogP contribution in [0.1, 0.15) is 31.7 Å². The zero-order valence-electron chi connectivity index (χ0n) is 17.2. The summed E-state index contributed by atoms with van der Waals surface area (Å²) in [5, 5.41) is 6.77. The second-order valence-electron chi connectivity index (χ2n) is 6.81. The van der Waals surface area contributed by atoms with Gasteiger partial charge >= 0.3 is 6.09 Å². The Hall–Kier alpha value is -2.28. The van der Waals surface area contributed by atoms with E-state index in [0.29, 0.717) is 25.7 Å². The maximum absolute atomic E-state index is 11.7. The lowest BCUT2D eigenvalue weighted by Crippen LogP contribution is -2.50. The lowest BCUT2D eigenvalue weighted by molar-refractivity contribution is 0.0963. The lowest BCUT2D eigenvalue weighted by atomic mass is 10.1. The van der Waals surface area contributed by atoms with E-state index in [-0.39, 0.29) is 6.09 Å². The van der Waals surface area contributed by atoms with E-state index in [4.69, 9.17) is 9.47 Å². The van der Waals surface area contributed by atoms with Crippen LogP contribution in [0.25, 0.3) is 0 Å². The van der Waals surface area contributed by atoms with E-state index < -0.39 is 0 Å². The number of aliphatic imine (C=N–C) groups is 1. The van der Waals surface area contributed by atoms with Crippen LogP contribution in [0.2, 0.25) is 0 Å². The molecule has 0 aliphatic carbocycles. The van der Waals surface area contributed by atoms with Crippen molar-refractivity contribution in [2.24, 2.45) is 4.99 Å². The summed E-state index contributed by atoms with van der Waals surface area (Å²) < 4.78 is 10.8. The molecule has 1 saturated heterocycles. The third-order valence-electron chi connectivity index (χ3n) is 4.72. The van der Waals surface area contributed by atoms with Crippen LogP contribution < -0.4 is 10.6 Å². The Balaban J connectivity index is 1.53. The number of carbonyl (C=O) groups excluding carboxylic acids is 1. The molecule has 0 saturated carbocycles. The maximum atomic E-state index is 11.7. The van der Waals surface area contributed by atoms with E-state index in [1.807, 2.05) is 13.0 Å². The number of nitrogens with one attached hydrogen (secondary N) is 2. The number of nitrogens with zero attached hydrogens (tertiary/aromatic N) is 2. The number of ether oxygens (including phenoxy) is 2. The van der Waals surface area contributed by atoms with E-state index in [1.165, 1.54) is 5.56 Å². The van der Waals surface area contributed by atoms with Crippen molar-refractivity contribution < 1.29 is 14.3 Å². The molecule has 1 fully saturated rings. The van der Waals surface area contributed by atoms with Gasteiger partial charge in [-0.05, 0) is 38.2 Å². The van der Waals surface area contributed by atoms with Crippen LogP contribution in [0.5, 0.6) is 0 Å². The molecule has 1 aromatic rings. The summed E-state index contributed by atoms with van der Waals surface area (Å²) >= 11 is 0. The number of amides is 1. The first-order chi connectivity index (χ1) is 13.7. The third-order valence-corrected chi connectivity index (χ3v) is 4.72. The van der Waals surface area contributed by atoms with Crippen LogP contribution >= 0.6 is 0 Å². The Kier molecular flexibility index (Phi) is 10.2. The molecular weight excluding hydrogens is 356 g/mol. The number of carbonyl (C=O) groups is 1. The number of benzene rings is 1. The molecule has 0 radical (unpaired) electrons. The zero-order chi connectivity index (χ0) is 20.0. The van der Waals surface area contributed by atoms with Gasteiger partial charge in [0.25, 0.3) is 0 Å². The highest BCUT2D eigenvalue weighted by atomic mass is 16.6. The molecule has 0 aromatic heterocycles. The van der Waals surface area contributed by atoms with Gasteiger partial charge in [0.15, 0.2) is 5.96 Å². The van der Waals surface area contributed by atoms with Gasteiger partial charge in [-0.2, -0.15) is 0 Å². The lowest BCUT2D eigenvalue weighted by Gasteiger charge is -2.32. The Morgan fingerprint density at radius 1 is 1.21 bits per heavy atom. The standard InChI is InChI=1S/C21H34N4O3/c1-3-28-21(26)25-14-10-19(11-15-25)24-20(22-2)23-13-7-16-27-17-12-18-8-5-4-6-9-18/h4-6,8-9,19H,3,7,10-17H2,1-2H3,(H2,22,23,24). The SMILES string of the molecule is CCOC(=O)N1CCC(NC(=NC)NCCCOCCc2ccccc2)CC1. The van der Waals surface area contributed by atoms with Crippen LogP contribution in [0.4, 0.5) is 4.79 Å². The van der Waals surface area contributed by atoms with Crippen LogP contribution in [0.3, 0.4) is 0 Å². The van der Waals surface area contributed by atoms with Crippen LogP contribution in [0, 0.1) is 0 Å². The Morgan fingerprint density at radius 2 is 1.96 bits per heavy atom. The quantitative estimate of drug-likeness (QED) is 0.385. The van der Waals surface area contributed by atoms with Gasteiger partial charge in [0.1, 0.15) is 0 Å². The number of piperidine rings is 1. The van der Waals surface area contributed by atoms with Crippen LogP contribution in [-0.2, 0) is 15.9 Å². The van der Waals surface area contributed by atoms with E-state index in [0.717, 1.165) is 51.4 Å². The fourth-order valence-corrected chi connectivity index (χ4v) is 3.13. The molecule has 0 spiro atoms. The molecule has 1 aliphatic rings. The molecule has 7 nitrogen and oxygen atoms in total. The summed E-state index contributed by atoms with van der Waals surface area (Å²) in [6.07, 6.45) is 3.44. The molecule has 0 bridgehead atoms. The number of guanidine groups is 1. The van der Waals surface area contributed by atoms with Gasteiger partial charge in [-0.25, -0.2) is 4.79 Å². The van der Waals surface area contributed by atoms with Crippen molar-refractivity contribution in [1.82, 2.24) is 15.5 Å². The smallest absolute Gasteiger partial charge is 0.409 e. The normalized spacial score (nSPS) is 15.4. The van der Waals surface area contributed by atoms with Crippen molar-refractivity contribution in [3.05, 3.63) is 35.9 Å². The fourth-order valence-electron chi connectivity index (χ4n) is 3.13. The van der Waals surface area contributed by atoms with Crippen molar-refractivity contribution in [3.8, 4) is 0 Å². The van der Waals surface area contributed by atoms with Gasteiger partial charge < -0.3 is 25.0 Å². The van der Waals surface area contributed by atoms with Crippen molar-refractivity contribution in [2.75, 3.05) is 46.5 Å². The van der Waals surface area contributed by atoms with Crippen LogP contribution in [-0.4, -0.2) is 69.5 Å². The highest BCUT2D eigenvalue weighted by molar-refractivity contribution is 5.80. The van der Waals surface area contributed by atoms with E-state index in [1.54, 1.807) is 11.9 Å². The van der Waals surface area contributed by atoms with Gasteiger partial charge in [0.05, 0.1) is 13.2 Å². The summed E-state index contributed by atoms with van der Waals surface area (Å²) in [6, 6.07) is 10.7. The van der Waals surface area contributed by atoms with Crippen LogP contribution in [0.15, 0.2) is 35.3 Å². The molecular formula is C21H34N4O3. The fraction of sp³-hybridized carbons (Fsp3) is 0.619. The zero-order valence-corrected chi connectivity index (χ0v) is 17.2. The van der Waals surface area contributed by atoms with E-state index in [2.05, 4.69) is 39.9 Å². The number of likely N-dealkylation sites (tertiary alicyclic amines) is 1. The van der Waals surface area contributed by atoms with E-state index in [9.17, 15) is 4.79 Å². The number of hydrogen-bond donors (Lipinski definition) is 2. The number of rotatable bonds is 9. The first-order valence-corrected chi connectivity index (χ1v) is 10.2. The molecule has 28 heavy (non-hydrogen) atoms. The van der Waals surface area contributed by atoms with Gasteiger partial charge in [-0.3, -0.25) is 4.99 Å². The predicted molar refractivity (Wildman–Crippen MR) is 112 cm³/mol. The monoisotopic (exact) mass is 390 g/mol. The minimum absolute atomic E-state index is 0.212. The summed E-state index contributed by atoms with van der Waals surface area (Å²) in [4.78, 5) is 17.8. The first-order valence-electron chi connectivity index (χ1n) is 10.2. The summed E-state index contributed by atoms with van der Waals surface area (Å²) in [5.41, 5.74) is 1.30. The Bertz CT molecular complexity index is 587. The summed E-state index contributed by atoms with van der Waals surface area (Å²) in [7, 11) is 1.78. The second-order valence-corrected chi connectivity index (χ2v) is 6.81. The molecule has 1 amide bonds. The molecule has 0 atom stereocenters. The maximum Gasteiger partial charge on any atom is 0.409 e. The molecule has 1 aromatic carbocycles. The predicted octanol–water partition coefficient (Wildman–Crippen LogP) is 2.42. The van der Waals surface area contributed by atoms with Gasteiger partial charge in [0.2, 0.25) is 0 Å². The Labute approximate surface area is 168 Å². The Morgan fingerprint density at radius 3 is 2.64 bits per heavy atom. The first kappa shape index (κ1) is 22.0. The van der Waals surface area contributed by atoms with E-state index >= 15 is 0 Å². The molecule has 1 aliphatic heterocycles. The average molecular weight is 391 g/mol. The molecule has 156 valence electrons. The topological polar surface area (TPSA) is 75.2 Å². The summed E-state index contributed by atoms with van der Waals surface area (Å²) in [5.74, 6) is 0.805.